The van der Waals surface area contributed by atoms with Crippen LogP contribution < -0.4 is 0 Å². The summed E-state index contributed by atoms with van der Waals surface area (Å²) in [5.74, 6) is 0. The number of benzene rings is 1. The van der Waals surface area contributed by atoms with Crippen LogP contribution in [0.4, 0.5) is 0 Å². The molecule has 2 aromatic rings. The smallest absolute Gasteiger partial charge is 0.246 e. The molecular weight excluding hydrogens is 424 g/mol. The van der Waals surface area contributed by atoms with Crippen LogP contribution in [0.15, 0.2) is 34.1 Å². The third kappa shape index (κ3) is 3.71. The van der Waals surface area contributed by atoms with Crippen LogP contribution in [0, 0.1) is 13.8 Å². The molecule has 0 radical (unpaired) electrons. The Labute approximate surface area is 170 Å². The average molecular weight is 447 g/mol. The summed E-state index contributed by atoms with van der Waals surface area (Å²) in [7, 11) is -7.43. The molecule has 0 saturated carbocycles. The van der Waals surface area contributed by atoms with Crippen LogP contribution in [0.5, 0.6) is 0 Å². The molecule has 1 aromatic heterocycles. The minimum Gasteiger partial charge on any atom is -0.268 e. The first kappa shape index (κ1) is 21.3. The van der Waals surface area contributed by atoms with E-state index in [1.165, 1.54) is 32.9 Å². The molecule has 1 aliphatic rings. The lowest BCUT2D eigenvalue weighted by Gasteiger charge is -2.33. The van der Waals surface area contributed by atoms with E-state index in [0.29, 0.717) is 23.0 Å². The van der Waals surface area contributed by atoms with Crippen molar-refractivity contribution >= 4 is 31.6 Å². The number of nitrogens with zero attached hydrogens (tertiary/aromatic N) is 4. The fourth-order valence-electron chi connectivity index (χ4n) is 3.40. The monoisotopic (exact) mass is 446 g/mol. The van der Waals surface area contributed by atoms with Crippen molar-refractivity contribution in [3.63, 3.8) is 0 Å². The Bertz CT molecular complexity index is 1070. The standard InChI is InChI=1S/C17H23ClN4O4S2/c1-4-22-14(3)17(13(2)19-22)28(25,26)21-11-9-20(10-12-21)27(23,24)16-7-5-15(18)6-8-16/h5-8H,4,9-12H2,1-3H3. The van der Waals surface area contributed by atoms with Gasteiger partial charge >= 0.3 is 0 Å². The van der Waals surface area contributed by atoms with Gasteiger partial charge in [-0.05, 0) is 45.0 Å². The summed E-state index contributed by atoms with van der Waals surface area (Å²) in [6.45, 7) is 6.24. The summed E-state index contributed by atoms with van der Waals surface area (Å²) in [5, 5.41) is 4.74. The van der Waals surface area contributed by atoms with E-state index in [4.69, 9.17) is 11.6 Å². The lowest BCUT2D eigenvalue weighted by molar-refractivity contribution is 0.272. The zero-order valence-electron chi connectivity index (χ0n) is 16.0. The van der Waals surface area contributed by atoms with E-state index in [2.05, 4.69) is 5.10 Å². The summed E-state index contributed by atoms with van der Waals surface area (Å²) in [4.78, 5) is 0.354. The minimum absolute atomic E-state index is 0.0875. The number of halogens is 1. The van der Waals surface area contributed by atoms with Gasteiger partial charge in [-0.15, -0.1) is 0 Å². The molecule has 1 aromatic carbocycles. The van der Waals surface area contributed by atoms with Crippen molar-refractivity contribution in [3.05, 3.63) is 40.7 Å². The Morgan fingerprint density at radius 3 is 1.89 bits per heavy atom. The van der Waals surface area contributed by atoms with Crippen molar-refractivity contribution in [3.8, 4) is 0 Å². The lowest BCUT2D eigenvalue weighted by Crippen LogP contribution is -2.50. The van der Waals surface area contributed by atoms with Crippen molar-refractivity contribution in [2.24, 2.45) is 0 Å². The van der Waals surface area contributed by atoms with E-state index >= 15 is 0 Å². The van der Waals surface area contributed by atoms with Crippen LogP contribution in [0.25, 0.3) is 0 Å². The fourth-order valence-corrected chi connectivity index (χ4v) is 6.74. The van der Waals surface area contributed by atoms with Crippen molar-refractivity contribution in [2.45, 2.75) is 37.1 Å². The zero-order chi connectivity index (χ0) is 20.7. The Morgan fingerprint density at radius 1 is 0.929 bits per heavy atom. The topological polar surface area (TPSA) is 92.6 Å². The molecule has 0 N–H and O–H groups in total. The first-order valence-electron chi connectivity index (χ1n) is 8.89. The second kappa shape index (κ2) is 7.75. The molecule has 1 aliphatic heterocycles. The van der Waals surface area contributed by atoms with Crippen LogP contribution in [0.1, 0.15) is 18.3 Å². The highest BCUT2D eigenvalue weighted by atomic mass is 35.5. The van der Waals surface area contributed by atoms with Gasteiger partial charge in [0.25, 0.3) is 0 Å². The molecule has 0 aliphatic carbocycles. The normalized spacial score (nSPS) is 17.1. The number of hydrogen-bond donors (Lipinski definition) is 0. The second-order valence-corrected chi connectivity index (χ2v) is 10.8. The molecular formula is C17H23ClN4O4S2. The van der Waals surface area contributed by atoms with Crippen LogP contribution in [-0.4, -0.2) is 61.4 Å². The third-order valence-corrected chi connectivity index (χ3v) is 9.18. The SMILES string of the molecule is CCn1nc(C)c(S(=O)(=O)N2CCN(S(=O)(=O)c3ccc(Cl)cc3)CC2)c1C. The fraction of sp³-hybridized carbons (Fsp3) is 0.471. The predicted octanol–water partition coefficient (Wildman–Crippen LogP) is 1.87. The van der Waals surface area contributed by atoms with Gasteiger partial charge in [0, 0.05) is 37.7 Å². The average Bonchev–Trinajstić information content (AvgIpc) is 2.96. The van der Waals surface area contributed by atoms with E-state index in [-0.39, 0.29) is 36.0 Å². The molecule has 8 nitrogen and oxygen atoms in total. The largest absolute Gasteiger partial charge is 0.268 e. The molecule has 0 unspecified atom stereocenters. The maximum absolute atomic E-state index is 13.1. The molecule has 11 heteroatoms. The summed E-state index contributed by atoms with van der Waals surface area (Å²) < 4.78 is 56.1. The quantitative estimate of drug-likeness (QED) is 0.699. The summed E-state index contributed by atoms with van der Waals surface area (Å²) in [5.41, 5.74) is 1.05. The molecule has 0 spiro atoms. The number of hydrogen-bond acceptors (Lipinski definition) is 5. The van der Waals surface area contributed by atoms with Gasteiger partial charge in [-0.25, -0.2) is 16.8 Å². The van der Waals surface area contributed by atoms with E-state index in [1.807, 2.05) is 6.92 Å². The highest BCUT2D eigenvalue weighted by Gasteiger charge is 2.36. The van der Waals surface area contributed by atoms with Gasteiger partial charge in [-0.1, -0.05) is 11.6 Å². The molecule has 28 heavy (non-hydrogen) atoms. The van der Waals surface area contributed by atoms with E-state index in [0.717, 1.165) is 0 Å². The van der Waals surface area contributed by atoms with Crippen LogP contribution in [0.3, 0.4) is 0 Å². The Kier molecular flexibility index (Phi) is 5.88. The Balaban J connectivity index is 1.80. The molecule has 1 fully saturated rings. The van der Waals surface area contributed by atoms with E-state index < -0.39 is 20.0 Å². The van der Waals surface area contributed by atoms with Crippen molar-refractivity contribution < 1.29 is 16.8 Å². The Hall–Kier alpha value is -1.46. The van der Waals surface area contributed by atoms with Gasteiger partial charge in [-0.3, -0.25) is 4.68 Å². The van der Waals surface area contributed by atoms with Crippen molar-refractivity contribution in [2.75, 3.05) is 26.2 Å². The first-order chi connectivity index (χ1) is 13.1. The molecule has 0 amide bonds. The van der Waals surface area contributed by atoms with Gasteiger partial charge in [0.05, 0.1) is 16.3 Å². The number of aryl methyl sites for hydroxylation is 2. The molecule has 2 heterocycles. The first-order valence-corrected chi connectivity index (χ1v) is 12.1. The number of rotatable bonds is 5. The number of piperazine rings is 1. The van der Waals surface area contributed by atoms with Crippen molar-refractivity contribution in [1.82, 2.24) is 18.4 Å². The van der Waals surface area contributed by atoms with Crippen molar-refractivity contribution in [1.29, 1.82) is 0 Å². The molecule has 0 atom stereocenters. The second-order valence-electron chi connectivity index (χ2n) is 6.58. The van der Waals surface area contributed by atoms with Gasteiger partial charge in [0.1, 0.15) is 4.90 Å². The van der Waals surface area contributed by atoms with Gasteiger partial charge in [-0.2, -0.15) is 13.7 Å². The van der Waals surface area contributed by atoms with Crippen LogP contribution in [-0.2, 0) is 26.6 Å². The van der Waals surface area contributed by atoms with Gasteiger partial charge in [0.2, 0.25) is 20.0 Å². The minimum atomic E-state index is -3.74. The highest BCUT2D eigenvalue weighted by Crippen LogP contribution is 2.26. The molecule has 154 valence electrons. The third-order valence-electron chi connectivity index (χ3n) is 4.86. The molecule has 0 bridgehead atoms. The summed E-state index contributed by atoms with van der Waals surface area (Å²) in [6.07, 6.45) is 0. The lowest BCUT2D eigenvalue weighted by atomic mass is 10.4. The number of sulfonamides is 2. The summed E-state index contributed by atoms with van der Waals surface area (Å²) in [6, 6.07) is 5.94. The summed E-state index contributed by atoms with van der Waals surface area (Å²) >= 11 is 5.82. The molecule has 3 rings (SSSR count). The van der Waals surface area contributed by atoms with Crippen LogP contribution >= 0.6 is 11.6 Å². The maximum Gasteiger partial charge on any atom is 0.246 e. The Morgan fingerprint density at radius 2 is 1.43 bits per heavy atom. The van der Waals surface area contributed by atoms with Gasteiger partial charge in [0.15, 0.2) is 0 Å². The predicted molar refractivity (Wildman–Crippen MR) is 106 cm³/mol. The molecule has 1 saturated heterocycles. The van der Waals surface area contributed by atoms with E-state index in [9.17, 15) is 16.8 Å². The maximum atomic E-state index is 13.1. The number of aromatic nitrogens is 2. The van der Waals surface area contributed by atoms with Crippen LogP contribution in [0.2, 0.25) is 5.02 Å². The highest BCUT2D eigenvalue weighted by molar-refractivity contribution is 7.89. The van der Waals surface area contributed by atoms with Gasteiger partial charge < -0.3 is 0 Å². The van der Waals surface area contributed by atoms with E-state index in [1.54, 1.807) is 18.5 Å². The zero-order valence-corrected chi connectivity index (χ0v) is 18.4.